The highest BCUT2D eigenvalue weighted by Gasteiger charge is 2.34. The van der Waals surface area contributed by atoms with Crippen LogP contribution >= 0.6 is 0 Å². The van der Waals surface area contributed by atoms with Crippen LogP contribution in [0.15, 0.2) is 48.9 Å². The number of carbonyl (C=O) groups is 1. The fraction of sp³-hybridized carbons (Fsp3) is 0.238. The summed E-state index contributed by atoms with van der Waals surface area (Å²) in [5, 5.41) is 0. The smallest absolute Gasteiger partial charge is 0.249 e. The van der Waals surface area contributed by atoms with Gasteiger partial charge in [-0.1, -0.05) is 30.3 Å². The molecule has 124 valence electrons. The largest absolute Gasteiger partial charge is 0.366 e. The molecule has 5 rings (SSSR count). The summed E-state index contributed by atoms with van der Waals surface area (Å²) in [7, 11) is 0. The van der Waals surface area contributed by atoms with E-state index in [1.54, 1.807) is 0 Å². The molecule has 4 heteroatoms. The molecule has 1 aliphatic heterocycles. The van der Waals surface area contributed by atoms with Crippen molar-refractivity contribution in [2.45, 2.75) is 31.7 Å². The van der Waals surface area contributed by atoms with Crippen molar-refractivity contribution in [3.8, 4) is 11.3 Å². The number of fused-ring (bicyclic) bond motifs is 4. The Kier molecular flexibility index (Phi) is 3.07. The Morgan fingerprint density at radius 3 is 2.84 bits per heavy atom. The average Bonchev–Trinajstić information content (AvgIpc) is 3.21. The van der Waals surface area contributed by atoms with E-state index in [0.717, 1.165) is 30.5 Å². The maximum Gasteiger partial charge on any atom is 0.249 e. The molecule has 0 saturated heterocycles. The molecule has 1 aliphatic carbocycles. The molecule has 3 aromatic rings. The van der Waals surface area contributed by atoms with Crippen LogP contribution in [-0.2, 0) is 12.8 Å². The van der Waals surface area contributed by atoms with Crippen LogP contribution in [0.5, 0.6) is 0 Å². The lowest BCUT2D eigenvalue weighted by atomic mass is 9.81. The van der Waals surface area contributed by atoms with Gasteiger partial charge < -0.3 is 10.3 Å². The van der Waals surface area contributed by atoms with Gasteiger partial charge in [-0.2, -0.15) is 0 Å². The highest BCUT2D eigenvalue weighted by molar-refractivity contribution is 5.95. The van der Waals surface area contributed by atoms with E-state index in [0.29, 0.717) is 5.56 Å². The summed E-state index contributed by atoms with van der Waals surface area (Å²) in [6, 6.07) is 12.4. The molecule has 2 aliphatic rings. The van der Waals surface area contributed by atoms with Crippen LogP contribution in [0.2, 0.25) is 0 Å². The molecule has 0 saturated carbocycles. The fourth-order valence-corrected chi connectivity index (χ4v) is 4.52. The Morgan fingerprint density at radius 1 is 1.12 bits per heavy atom. The highest BCUT2D eigenvalue weighted by Crippen LogP contribution is 2.45. The molecule has 0 fully saturated rings. The minimum absolute atomic E-state index is 0.0238. The van der Waals surface area contributed by atoms with E-state index in [9.17, 15) is 4.79 Å². The third-order valence-electron chi connectivity index (χ3n) is 5.59. The molecule has 0 spiro atoms. The van der Waals surface area contributed by atoms with Crippen LogP contribution < -0.4 is 5.73 Å². The number of aryl methyl sites for hydroxylation is 1. The number of aromatic nitrogens is 2. The number of amides is 1. The van der Waals surface area contributed by atoms with Gasteiger partial charge >= 0.3 is 0 Å². The molecule has 1 atom stereocenters. The number of benzene rings is 2. The topological polar surface area (TPSA) is 60.9 Å². The zero-order valence-electron chi connectivity index (χ0n) is 13.9. The SMILES string of the molecule is NC(=O)c1ccc2c(c1[C@@H]1c3ccccc3-c3cncn31)CCCC2. The maximum atomic E-state index is 12.2. The quantitative estimate of drug-likeness (QED) is 0.612. The fourth-order valence-electron chi connectivity index (χ4n) is 4.52. The molecule has 2 heterocycles. The number of carbonyl (C=O) groups excluding carboxylic acids is 1. The summed E-state index contributed by atoms with van der Waals surface area (Å²) in [4.78, 5) is 16.6. The third kappa shape index (κ3) is 2.00. The van der Waals surface area contributed by atoms with Crippen molar-refractivity contribution in [1.82, 2.24) is 9.55 Å². The van der Waals surface area contributed by atoms with E-state index in [1.807, 2.05) is 24.7 Å². The van der Waals surface area contributed by atoms with Gasteiger partial charge in [-0.05, 0) is 54.0 Å². The Morgan fingerprint density at radius 2 is 1.96 bits per heavy atom. The minimum Gasteiger partial charge on any atom is -0.366 e. The number of nitrogens with two attached hydrogens (primary N) is 1. The molecule has 0 bridgehead atoms. The molecular formula is C21H19N3O. The van der Waals surface area contributed by atoms with E-state index < -0.39 is 0 Å². The van der Waals surface area contributed by atoms with Crippen LogP contribution in [0.1, 0.15) is 51.5 Å². The first-order chi connectivity index (χ1) is 12.3. The Bertz CT molecular complexity index is 1000. The number of nitrogens with zero attached hydrogens (tertiary/aromatic N) is 2. The molecule has 4 nitrogen and oxygen atoms in total. The zero-order chi connectivity index (χ0) is 17.0. The van der Waals surface area contributed by atoms with E-state index in [4.69, 9.17) is 5.73 Å². The van der Waals surface area contributed by atoms with Crippen molar-refractivity contribution in [2.24, 2.45) is 5.73 Å². The standard InChI is InChI=1S/C21H19N3O/c22-21(25)17-10-9-13-5-1-2-6-14(13)19(17)20-16-8-4-3-7-15(16)18-11-23-12-24(18)20/h3-4,7-12,20H,1-2,5-6H2,(H2,22,25)/t20-/m0/s1. The summed E-state index contributed by atoms with van der Waals surface area (Å²) in [5.41, 5.74) is 13.7. The first kappa shape index (κ1) is 14.5. The van der Waals surface area contributed by atoms with Crippen LogP contribution in [0, 0.1) is 0 Å². The van der Waals surface area contributed by atoms with Gasteiger partial charge in [0.25, 0.3) is 0 Å². The Labute approximate surface area is 146 Å². The van der Waals surface area contributed by atoms with Crippen molar-refractivity contribution < 1.29 is 4.79 Å². The van der Waals surface area contributed by atoms with Crippen molar-refractivity contribution in [3.05, 3.63) is 76.7 Å². The van der Waals surface area contributed by atoms with Gasteiger partial charge in [0.05, 0.1) is 24.3 Å². The van der Waals surface area contributed by atoms with E-state index >= 15 is 0 Å². The Balaban J connectivity index is 1.84. The first-order valence-corrected chi connectivity index (χ1v) is 8.81. The molecule has 2 aromatic carbocycles. The lowest BCUT2D eigenvalue weighted by Crippen LogP contribution is -2.22. The van der Waals surface area contributed by atoms with Crippen molar-refractivity contribution in [1.29, 1.82) is 0 Å². The predicted octanol–water partition coefficient (Wildman–Crippen LogP) is 3.48. The monoisotopic (exact) mass is 329 g/mol. The maximum absolute atomic E-state index is 12.2. The van der Waals surface area contributed by atoms with Gasteiger partial charge in [0.2, 0.25) is 5.91 Å². The van der Waals surface area contributed by atoms with E-state index in [2.05, 4.69) is 33.8 Å². The van der Waals surface area contributed by atoms with Gasteiger partial charge in [-0.3, -0.25) is 4.79 Å². The summed E-state index contributed by atoms with van der Waals surface area (Å²) < 4.78 is 2.18. The second kappa shape index (κ2) is 5.31. The van der Waals surface area contributed by atoms with Gasteiger partial charge in [-0.15, -0.1) is 0 Å². The predicted molar refractivity (Wildman–Crippen MR) is 96.5 cm³/mol. The summed E-state index contributed by atoms with van der Waals surface area (Å²) in [6.45, 7) is 0. The number of imidazole rings is 1. The summed E-state index contributed by atoms with van der Waals surface area (Å²) in [5.74, 6) is -0.352. The number of hydrogen-bond acceptors (Lipinski definition) is 2. The average molecular weight is 329 g/mol. The highest BCUT2D eigenvalue weighted by atomic mass is 16.1. The molecule has 1 amide bonds. The van der Waals surface area contributed by atoms with Gasteiger partial charge in [0.15, 0.2) is 0 Å². The van der Waals surface area contributed by atoms with Gasteiger partial charge in [-0.25, -0.2) is 4.98 Å². The Hall–Kier alpha value is -2.88. The normalized spacial score (nSPS) is 17.7. The number of rotatable bonds is 2. The summed E-state index contributed by atoms with van der Waals surface area (Å²) in [6.07, 6.45) is 8.22. The van der Waals surface area contributed by atoms with Crippen LogP contribution in [-0.4, -0.2) is 15.5 Å². The van der Waals surface area contributed by atoms with Crippen LogP contribution in [0.3, 0.4) is 0 Å². The lowest BCUT2D eigenvalue weighted by molar-refractivity contribution is 0.0999. The molecule has 0 radical (unpaired) electrons. The first-order valence-electron chi connectivity index (χ1n) is 8.81. The molecular weight excluding hydrogens is 310 g/mol. The third-order valence-corrected chi connectivity index (χ3v) is 5.59. The number of hydrogen-bond donors (Lipinski definition) is 1. The molecule has 2 N–H and O–H groups in total. The second-order valence-corrected chi connectivity index (χ2v) is 6.91. The van der Waals surface area contributed by atoms with Crippen LogP contribution in [0.25, 0.3) is 11.3 Å². The van der Waals surface area contributed by atoms with Crippen molar-refractivity contribution in [2.75, 3.05) is 0 Å². The summed E-state index contributed by atoms with van der Waals surface area (Å²) >= 11 is 0. The van der Waals surface area contributed by atoms with Gasteiger partial charge in [0.1, 0.15) is 0 Å². The lowest BCUT2D eigenvalue weighted by Gasteiger charge is -2.26. The zero-order valence-corrected chi connectivity index (χ0v) is 13.9. The van der Waals surface area contributed by atoms with Crippen molar-refractivity contribution >= 4 is 5.91 Å². The number of primary amides is 1. The van der Waals surface area contributed by atoms with Crippen LogP contribution in [0.4, 0.5) is 0 Å². The molecule has 0 unspecified atom stereocenters. The van der Waals surface area contributed by atoms with E-state index in [-0.39, 0.29) is 11.9 Å². The molecule has 1 aromatic heterocycles. The second-order valence-electron chi connectivity index (χ2n) is 6.91. The minimum atomic E-state index is -0.352. The molecule has 25 heavy (non-hydrogen) atoms. The van der Waals surface area contributed by atoms with Crippen molar-refractivity contribution in [3.63, 3.8) is 0 Å². The van der Waals surface area contributed by atoms with Gasteiger partial charge in [0, 0.05) is 11.1 Å². The van der Waals surface area contributed by atoms with E-state index in [1.165, 1.54) is 28.7 Å².